The lowest BCUT2D eigenvalue weighted by Crippen LogP contribution is -2.44. The summed E-state index contributed by atoms with van der Waals surface area (Å²) in [6.45, 7) is 0.575. The fourth-order valence-electron chi connectivity index (χ4n) is 3.44. The van der Waals surface area contributed by atoms with Gasteiger partial charge in [-0.15, -0.1) is 0 Å². The smallest absolute Gasteiger partial charge is 0.228 e. The van der Waals surface area contributed by atoms with Crippen molar-refractivity contribution in [2.75, 3.05) is 24.2 Å². The standard InChI is InChI=1S/C21H25FN2O3S/c22-19-12-4-5-13-20(19)23-21(25)18-11-6-14-24(16-18)28(26,27)15-7-10-17-8-2-1-3-9-17/h1-5,8-9,12-13,18H,6-7,10-11,14-16H2,(H,23,25)/t18-/m1/s1. The molecule has 1 amide bonds. The van der Waals surface area contributed by atoms with Gasteiger partial charge in [-0.25, -0.2) is 17.1 Å². The summed E-state index contributed by atoms with van der Waals surface area (Å²) >= 11 is 0. The second-order valence-corrected chi connectivity index (χ2v) is 9.16. The van der Waals surface area contributed by atoms with Gasteiger partial charge >= 0.3 is 0 Å². The molecule has 1 heterocycles. The molecule has 0 radical (unpaired) electrons. The number of carbonyl (C=O) groups excluding carboxylic acids is 1. The average Bonchev–Trinajstić information content (AvgIpc) is 2.70. The van der Waals surface area contributed by atoms with Gasteiger partial charge in [0.25, 0.3) is 0 Å². The first-order valence-electron chi connectivity index (χ1n) is 9.53. The third-order valence-corrected chi connectivity index (χ3v) is 6.91. The topological polar surface area (TPSA) is 66.5 Å². The van der Waals surface area contributed by atoms with Crippen molar-refractivity contribution < 1.29 is 17.6 Å². The van der Waals surface area contributed by atoms with E-state index in [4.69, 9.17) is 0 Å². The zero-order valence-electron chi connectivity index (χ0n) is 15.7. The molecule has 28 heavy (non-hydrogen) atoms. The lowest BCUT2D eigenvalue weighted by Gasteiger charge is -2.31. The van der Waals surface area contributed by atoms with Crippen LogP contribution in [0, 0.1) is 11.7 Å². The highest BCUT2D eigenvalue weighted by molar-refractivity contribution is 7.89. The van der Waals surface area contributed by atoms with Gasteiger partial charge in [-0.1, -0.05) is 42.5 Å². The number of nitrogens with zero attached hydrogens (tertiary/aromatic N) is 1. The Bertz CT molecular complexity index is 903. The summed E-state index contributed by atoms with van der Waals surface area (Å²) in [7, 11) is -3.42. The van der Waals surface area contributed by atoms with Crippen LogP contribution in [0.3, 0.4) is 0 Å². The Morgan fingerprint density at radius 2 is 1.82 bits per heavy atom. The predicted molar refractivity (Wildman–Crippen MR) is 108 cm³/mol. The number of hydrogen-bond donors (Lipinski definition) is 1. The lowest BCUT2D eigenvalue weighted by atomic mass is 9.98. The molecule has 2 aromatic carbocycles. The molecule has 0 spiro atoms. The minimum Gasteiger partial charge on any atom is -0.323 e. The van der Waals surface area contributed by atoms with Gasteiger partial charge in [0.15, 0.2) is 0 Å². The van der Waals surface area contributed by atoms with Crippen molar-refractivity contribution in [2.45, 2.75) is 25.7 Å². The van der Waals surface area contributed by atoms with Crippen LogP contribution in [0.25, 0.3) is 0 Å². The molecule has 0 bridgehead atoms. The Morgan fingerprint density at radius 3 is 2.57 bits per heavy atom. The highest BCUT2D eigenvalue weighted by Gasteiger charge is 2.32. The number of anilines is 1. The molecule has 150 valence electrons. The van der Waals surface area contributed by atoms with Gasteiger partial charge in [0.2, 0.25) is 15.9 Å². The summed E-state index contributed by atoms with van der Waals surface area (Å²) in [6, 6.07) is 15.7. The molecule has 0 unspecified atom stereocenters. The van der Waals surface area contributed by atoms with E-state index in [1.54, 1.807) is 12.1 Å². The van der Waals surface area contributed by atoms with Gasteiger partial charge in [-0.3, -0.25) is 4.79 Å². The third kappa shape index (κ3) is 5.39. The van der Waals surface area contributed by atoms with Gasteiger partial charge < -0.3 is 5.32 Å². The largest absolute Gasteiger partial charge is 0.323 e. The molecule has 1 aliphatic rings. The minimum absolute atomic E-state index is 0.0591. The SMILES string of the molecule is O=C(Nc1ccccc1F)[C@@H]1CCCN(S(=O)(=O)CCCc2ccccc2)C1. The highest BCUT2D eigenvalue weighted by Crippen LogP contribution is 2.22. The highest BCUT2D eigenvalue weighted by atomic mass is 32.2. The summed E-state index contributed by atoms with van der Waals surface area (Å²) in [6.07, 6.45) is 2.45. The average molecular weight is 405 g/mol. The van der Waals surface area contributed by atoms with E-state index >= 15 is 0 Å². The number of piperidine rings is 1. The van der Waals surface area contributed by atoms with Crippen LogP contribution in [0.15, 0.2) is 54.6 Å². The number of carbonyl (C=O) groups is 1. The molecule has 1 fully saturated rings. The summed E-state index contributed by atoms with van der Waals surface area (Å²) in [5.41, 5.74) is 1.23. The lowest BCUT2D eigenvalue weighted by molar-refractivity contribution is -0.120. The summed E-state index contributed by atoms with van der Waals surface area (Å²) in [5, 5.41) is 2.58. The molecule has 0 aliphatic carbocycles. The molecule has 7 heteroatoms. The van der Waals surface area contributed by atoms with Crippen LogP contribution in [0.2, 0.25) is 0 Å². The van der Waals surface area contributed by atoms with E-state index in [-0.39, 0.29) is 23.9 Å². The molecule has 3 rings (SSSR count). The van der Waals surface area contributed by atoms with E-state index in [1.807, 2.05) is 30.3 Å². The number of hydrogen-bond acceptors (Lipinski definition) is 3. The fraction of sp³-hybridized carbons (Fsp3) is 0.381. The number of halogens is 1. The van der Waals surface area contributed by atoms with Crippen molar-refractivity contribution >= 4 is 21.6 Å². The van der Waals surface area contributed by atoms with E-state index in [0.29, 0.717) is 32.2 Å². The van der Waals surface area contributed by atoms with Crippen LogP contribution in [0.4, 0.5) is 10.1 Å². The molecule has 1 atom stereocenters. The first-order chi connectivity index (χ1) is 13.5. The number of sulfonamides is 1. The molecule has 2 aromatic rings. The van der Waals surface area contributed by atoms with Gasteiger partial charge in [0, 0.05) is 13.1 Å². The Morgan fingerprint density at radius 1 is 1.11 bits per heavy atom. The van der Waals surface area contributed by atoms with E-state index in [2.05, 4.69) is 5.32 Å². The zero-order chi connectivity index (χ0) is 20.0. The van der Waals surface area contributed by atoms with Crippen molar-refractivity contribution in [2.24, 2.45) is 5.92 Å². The Labute approximate surface area is 165 Å². The molecule has 1 aliphatic heterocycles. The molecule has 5 nitrogen and oxygen atoms in total. The number of nitrogens with one attached hydrogen (secondary N) is 1. The molecule has 1 saturated heterocycles. The maximum Gasteiger partial charge on any atom is 0.228 e. The quantitative estimate of drug-likeness (QED) is 0.769. The van der Waals surface area contributed by atoms with Crippen molar-refractivity contribution in [3.63, 3.8) is 0 Å². The summed E-state index contributed by atoms with van der Waals surface area (Å²) < 4.78 is 40.5. The Hall–Kier alpha value is -2.25. The van der Waals surface area contributed by atoms with Crippen LogP contribution in [-0.2, 0) is 21.2 Å². The predicted octanol–water partition coefficient (Wildman–Crippen LogP) is 3.44. The summed E-state index contributed by atoms with van der Waals surface area (Å²) in [4.78, 5) is 12.5. The van der Waals surface area contributed by atoms with Crippen LogP contribution in [0.5, 0.6) is 0 Å². The Balaban J connectivity index is 1.55. The van der Waals surface area contributed by atoms with Crippen LogP contribution in [0.1, 0.15) is 24.8 Å². The zero-order valence-corrected chi connectivity index (χ0v) is 16.5. The molecular weight excluding hydrogens is 379 g/mol. The van der Waals surface area contributed by atoms with Gasteiger partial charge in [-0.2, -0.15) is 0 Å². The fourth-order valence-corrected chi connectivity index (χ4v) is 5.02. The number of aryl methyl sites for hydroxylation is 1. The number of para-hydroxylation sites is 1. The van der Waals surface area contributed by atoms with Gasteiger partial charge in [0.05, 0.1) is 17.4 Å². The van der Waals surface area contributed by atoms with Crippen molar-refractivity contribution in [1.82, 2.24) is 4.31 Å². The minimum atomic E-state index is -3.42. The van der Waals surface area contributed by atoms with Crippen molar-refractivity contribution in [3.05, 3.63) is 66.0 Å². The second kappa shape index (κ2) is 9.30. The maximum atomic E-state index is 13.7. The monoisotopic (exact) mass is 404 g/mol. The number of amides is 1. The number of benzene rings is 2. The van der Waals surface area contributed by atoms with E-state index in [1.165, 1.54) is 16.4 Å². The van der Waals surface area contributed by atoms with Crippen molar-refractivity contribution in [1.29, 1.82) is 0 Å². The van der Waals surface area contributed by atoms with E-state index in [9.17, 15) is 17.6 Å². The second-order valence-electron chi connectivity index (χ2n) is 7.07. The van der Waals surface area contributed by atoms with Crippen LogP contribution in [-0.4, -0.2) is 37.5 Å². The molecule has 1 N–H and O–H groups in total. The number of rotatable bonds is 7. The maximum absolute atomic E-state index is 13.7. The third-order valence-electron chi connectivity index (χ3n) is 4.99. The normalized spacial score (nSPS) is 18.0. The van der Waals surface area contributed by atoms with E-state index in [0.717, 1.165) is 5.56 Å². The molecule has 0 saturated carbocycles. The summed E-state index contributed by atoms with van der Waals surface area (Å²) in [5.74, 6) is -1.26. The van der Waals surface area contributed by atoms with Gasteiger partial charge in [-0.05, 0) is 43.4 Å². The van der Waals surface area contributed by atoms with Crippen LogP contribution < -0.4 is 5.32 Å². The first-order valence-corrected chi connectivity index (χ1v) is 11.1. The first kappa shape index (κ1) is 20.5. The molecule has 0 aromatic heterocycles. The Kier molecular flexibility index (Phi) is 6.80. The van der Waals surface area contributed by atoms with Gasteiger partial charge in [0.1, 0.15) is 5.82 Å². The van der Waals surface area contributed by atoms with Crippen LogP contribution >= 0.6 is 0 Å². The van der Waals surface area contributed by atoms with Crippen molar-refractivity contribution in [3.8, 4) is 0 Å². The molecular formula is C21H25FN2O3S. The van der Waals surface area contributed by atoms with E-state index < -0.39 is 21.8 Å².